The van der Waals surface area contributed by atoms with Crippen LogP contribution in [0.15, 0.2) is 28.8 Å². The molecule has 0 saturated carbocycles. The number of hydrogen-bond acceptors (Lipinski definition) is 5. The zero-order chi connectivity index (χ0) is 15.9. The van der Waals surface area contributed by atoms with E-state index in [2.05, 4.69) is 5.16 Å². The number of aromatic nitrogens is 1. The number of fused-ring (bicyclic) bond motifs is 2. The topological polar surface area (TPSA) is 72.6 Å². The maximum atomic E-state index is 12.8. The Balaban J connectivity index is 1.53. The average molecular weight is 336 g/mol. The van der Waals surface area contributed by atoms with Crippen LogP contribution < -0.4 is 0 Å². The fraction of sp³-hybridized carbons (Fsp3) is 0.562. The van der Waals surface area contributed by atoms with Gasteiger partial charge in [0.25, 0.3) is 0 Å². The van der Waals surface area contributed by atoms with Gasteiger partial charge < -0.3 is 9.26 Å². The van der Waals surface area contributed by atoms with Crippen LogP contribution in [-0.4, -0.2) is 43.7 Å². The third-order valence-electron chi connectivity index (χ3n) is 4.84. The zero-order valence-electron chi connectivity index (χ0n) is 12.8. The minimum atomic E-state index is -3.39. The molecule has 2 saturated heterocycles. The number of hydrogen-bond donors (Lipinski definition) is 0. The molecule has 3 heterocycles. The van der Waals surface area contributed by atoms with E-state index in [4.69, 9.17) is 9.26 Å². The molecular weight excluding hydrogens is 316 g/mol. The monoisotopic (exact) mass is 336 g/mol. The second-order valence-corrected chi connectivity index (χ2v) is 8.31. The SMILES string of the molecule is O=S(=O)(Cc1noc2ccccc12)N1CC[C@@H]2OCCC[C@@H]2C1. The van der Waals surface area contributed by atoms with Crippen molar-refractivity contribution < 1.29 is 17.7 Å². The molecule has 0 radical (unpaired) electrons. The van der Waals surface area contributed by atoms with E-state index < -0.39 is 10.0 Å². The molecule has 2 aliphatic rings. The Labute approximate surface area is 135 Å². The number of sulfonamides is 1. The normalized spacial score (nSPS) is 26.3. The van der Waals surface area contributed by atoms with Gasteiger partial charge in [0.15, 0.2) is 5.58 Å². The van der Waals surface area contributed by atoms with E-state index in [0.717, 1.165) is 31.3 Å². The van der Waals surface area contributed by atoms with Crippen molar-refractivity contribution in [2.75, 3.05) is 19.7 Å². The molecule has 2 aromatic rings. The number of nitrogens with zero attached hydrogens (tertiary/aromatic N) is 2. The van der Waals surface area contributed by atoms with Crippen molar-refractivity contribution in [1.82, 2.24) is 9.46 Å². The number of benzene rings is 1. The molecule has 4 rings (SSSR count). The van der Waals surface area contributed by atoms with Crippen molar-refractivity contribution >= 4 is 21.0 Å². The number of para-hydroxylation sites is 1. The van der Waals surface area contributed by atoms with Gasteiger partial charge in [0.05, 0.1) is 6.10 Å². The van der Waals surface area contributed by atoms with Crippen LogP contribution in [0.1, 0.15) is 25.0 Å². The van der Waals surface area contributed by atoms with Crippen molar-refractivity contribution in [3.8, 4) is 0 Å². The molecule has 0 bridgehead atoms. The molecule has 0 spiro atoms. The van der Waals surface area contributed by atoms with Gasteiger partial charge in [-0.2, -0.15) is 0 Å². The van der Waals surface area contributed by atoms with E-state index in [1.54, 1.807) is 10.4 Å². The van der Waals surface area contributed by atoms with Gasteiger partial charge in [-0.15, -0.1) is 0 Å². The molecule has 2 atom stereocenters. The first-order valence-corrected chi connectivity index (χ1v) is 9.67. The number of rotatable bonds is 3. The van der Waals surface area contributed by atoms with E-state index in [1.165, 1.54) is 0 Å². The maximum Gasteiger partial charge on any atom is 0.220 e. The predicted molar refractivity (Wildman–Crippen MR) is 85.3 cm³/mol. The third kappa shape index (κ3) is 2.88. The molecule has 0 unspecified atom stereocenters. The Morgan fingerprint density at radius 3 is 3.04 bits per heavy atom. The molecule has 1 aromatic heterocycles. The fourth-order valence-corrected chi connectivity index (χ4v) is 5.15. The zero-order valence-corrected chi connectivity index (χ0v) is 13.7. The molecule has 0 N–H and O–H groups in total. The van der Waals surface area contributed by atoms with Crippen molar-refractivity contribution in [2.45, 2.75) is 31.1 Å². The Bertz CT molecular complexity index is 801. The summed E-state index contributed by atoms with van der Waals surface area (Å²) in [6.07, 6.45) is 3.07. The molecule has 23 heavy (non-hydrogen) atoms. The lowest BCUT2D eigenvalue weighted by Gasteiger charge is -2.40. The summed E-state index contributed by atoms with van der Waals surface area (Å²) in [5.74, 6) is 0.212. The summed E-state index contributed by atoms with van der Waals surface area (Å²) >= 11 is 0. The third-order valence-corrected chi connectivity index (χ3v) is 6.60. The first-order chi connectivity index (χ1) is 11.1. The highest BCUT2D eigenvalue weighted by molar-refractivity contribution is 7.88. The van der Waals surface area contributed by atoms with Gasteiger partial charge >= 0.3 is 0 Å². The van der Waals surface area contributed by atoms with Crippen LogP contribution in [0.4, 0.5) is 0 Å². The second kappa shape index (κ2) is 5.89. The van der Waals surface area contributed by atoms with E-state index in [-0.39, 0.29) is 11.9 Å². The van der Waals surface area contributed by atoms with E-state index in [9.17, 15) is 8.42 Å². The summed E-state index contributed by atoms with van der Waals surface area (Å²) < 4.78 is 38.1. The Hall–Kier alpha value is -1.44. The molecule has 7 heteroatoms. The summed E-state index contributed by atoms with van der Waals surface area (Å²) in [7, 11) is -3.39. The second-order valence-electron chi connectivity index (χ2n) is 6.34. The Kier molecular flexibility index (Phi) is 3.87. The van der Waals surface area contributed by atoms with Gasteiger partial charge in [-0.3, -0.25) is 0 Å². The van der Waals surface area contributed by atoms with Crippen LogP contribution in [0.25, 0.3) is 11.0 Å². The molecule has 1 aromatic carbocycles. The minimum absolute atomic E-state index is 0.109. The molecule has 0 aliphatic carbocycles. The van der Waals surface area contributed by atoms with E-state index in [1.807, 2.05) is 18.2 Å². The summed E-state index contributed by atoms with van der Waals surface area (Å²) in [5.41, 5.74) is 1.11. The minimum Gasteiger partial charge on any atom is -0.378 e. The first-order valence-electron chi connectivity index (χ1n) is 8.06. The van der Waals surface area contributed by atoms with E-state index >= 15 is 0 Å². The lowest BCUT2D eigenvalue weighted by molar-refractivity contribution is -0.0534. The molecule has 0 amide bonds. The van der Waals surface area contributed by atoms with Gasteiger partial charge in [0.1, 0.15) is 11.4 Å². The predicted octanol–water partition coefficient (Wildman–Crippen LogP) is 2.16. The van der Waals surface area contributed by atoms with Crippen molar-refractivity contribution in [3.63, 3.8) is 0 Å². The largest absolute Gasteiger partial charge is 0.378 e. The molecule has 2 aliphatic heterocycles. The highest BCUT2D eigenvalue weighted by Gasteiger charge is 2.37. The van der Waals surface area contributed by atoms with Crippen LogP contribution in [0.3, 0.4) is 0 Å². The molecule has 124 valence electrons. The van der Waals surface area contributed by atoms with Gasteiger partial charge in [0, 0.05) is 25.1 Å². The van der Waals surface area contributed by atoms with Gasteiger partial charge in [-0.1, -0.05) is 17.3 Å². The van der Waals surface area contributed by atoms with Crippen molar-refractivity contribution in [1.29, 1.82) is 0 Å². The molecule has 2 fully saturated rings. The first kappa shape index (κ1) is 15.1. The Morgan fingerprint density at radius 2 is 2.13 bits per heavy atom. The van der Waals surface area contributed by atoms with Crippen molar-refractivity contribution in [2.24, 2.45) is 5.92 Å². The smallest absolute Gasteiger partial charge is 0.220 e. The average Bonchev–Trinajstić information content (AvgIpc) is 2.97. The fourth-order valence-electron chi connectivity index (χ4n) is 3.61. The quantitative estimate of drug-likeness (QED) is 0.859. The van der Waals surface area contributed by atoms with Gasteiger partial charge in [-0.25, -0.2) is 12.7 Å². The Morgan fingerprint density at radius 1 is 1.26 bits per heavy atom. The van der Waals surface area contributed by atoms with Crippen LogP contribution in [0.5, 0.6) is 0 Å². The lowest BCUT2D eigenvalue weighted by Crippen LogP contribution is -2.48. The number of ether oxygens (including phenoxy) is 1. The van der Waals surface area contributed by atoms with Crippen LogP contribution in [-0.2, 0) is 20.5 Å². The van der Waals surface area contributed by atoms with Crippen LogP contribution in [0, 0.1) is 5.92 Å². The van der Waals surface area contributed by atoms with E-state index in [0.29, 0.717) is 30.3 Å². The molecule has 6 nitrogen and oxygen atoms in total. The summed E-state index contributed by atoms with van der Waals surface area (Å²) in [4.78, 5) is 0. The maximum absolute atomic E-state index is 12.8. The van der Waals surface area contributed by atoms with Crippen LogP contribution in [0.2, 0.25) is 0 Å². The molecular formula is C16H20N2O4S. The number of piperidine rings is 1. The van der Waals surface area contributed by atoms with Gasteiger partial charge in [-0.05, 0) is 37.3 Å². The van der Waals surface area contributed by atoms with Crippen LogP contribution >= 0.6 is 0 Å². The highest BCUT2D eigenvalue weighted by atomic mass is 32.2. The highest BCUT2D eigenvalue weighted by Crippen LogP contribution is 2.30. The van der Waals surface area contributed by atoms with Gasteiger partial charge in [0.2, 0.25) is 10.0 Å². The lowest BCUT2D eigenvalue weighted by atomic mass is 9.90. The summed E-state index contributed by atoms with van der Waals surface area (Å²) in [5, 5.41) is 4.72. The van der Waals surface area contributed by atoms with Crippen molar-refractivity contribution in [3.05, 3.63) is 30.0 Å². The summed E-state index contributed by atoms with van der Waals surface area (Å²) in [6, 6.07) is 7.35. The summed E-state index contributed by atoms with van der Waals surface area (Å²) in [6.45, 7) is 1.89. The standard InChI is InChI=1S/C16H20N2O4S/c19-23(20,11-14-13-5-1-2-6-16(13)22-17-14)18-8-7-15-12(10-18)4-3-9-21-15/h1-2,5-6,12,15H,3-4,7-11H2/t12-,15+/m1/s1.